The van der Waals surface area contributed by atoms with Crippen molar-refractivity contribution in [2.75, 3.05) is 0 Å². The van der Waals surface area contributed by atoms with Gasteiger partial charge in [-0.15, -0.1) is 0 Å². The van der Waals surface area contributed by atoms with Crippen LogP contribution in [0.2, 0.25) is 0 Å². The van der Waals surface area contributed by atoms with Gasteiger partial charge in [-0.2, -0.15) is 0 Å². The van der Waals surface area contributed by atoms with Gasteiger partial charge in [-0.25, -0.2) is 0 Å². The molecule has 2 unspecified atom stereocenters. The van der Waals surface area contributed by atoms with Crippen molar-refractivity contribution in [1.29, 1.82) is 0 Å². The number of hydrogen-bond donors (Lipinski definition) is 1. The van der Waals surface area contributed by atoms with Gasteiger partial charge in [0.2, 0.25) is 0 Å². The van der Waals surface area contributed by atoms with Crippen LogP contribution in [0.15, 0.2) is 0 Å². The average molecular weight is 284 g/mol. The Hall–Kier alpha value is -0.530. The maximum Gasteiger partial charge on any atom is 0.306 e. The first kappa shape index (κ1) is 19.5. The van der Waals surface area contributed by atoms with E-state index in [1.165, 1.54) is 70.6 Å². The molecule has 20 heavy (non-hydrogen) atoms. The third-order valence-corrected chi connectivity index (χ3v) is 4.51. The molecule has 0 bridgehead atoms. The van der Waals surface area contributed by atoms with E-state index in [-0.39, 0.29) is 5.92 Å². The third-order valence-electron chi connectivity index (χ3n) is 4.51. The molecule has 2 heteroatoms. The van der Waals surface area contributed by atoms with Crippen molar-refractivity contribution in [1.82, 2.24) is 0 Å². The number of aliphatic carboxylic acids is 1. The molecule has 0 aromatic rings. The molecule has 0 aliphatic heterocycles. The first-order chi connectivity index (χ1) is 9.59. The Morgan fingerprint density at radius 3 is 1.60 bits per heavy atom. The molecule has 1 N–H and O–H groups in total. The van der Waals surface area contributed by atoms with Crippen LogP contribution < -0.4 is 0 Å². The summed E-state index contributed by atoms with van der Waals surface area (Å²) in [5.41, 5.74) is 0. The SMILES string of the molecule is CCCCCCCCCCCCCC(C)C(C)C(=O)O. The van der Waals surface area contributed by atoms with Crippen LogP contribution in [0, 0.1) is 11.8 Å². The Morgan fingerprint density at radius 1 is 0.800 bits per heavy atom. The van der Waals surface area contributed by atoms with Crippen molar-refractivity contribution >= 4 is 5.97 Å². The molecule has 0 aliphatic carbocycles. The third kappa shape index (κ3) is 11.3. The van der Waals surface area contributed by atoms with Crippen molar-refractivity contribution in [3.8, 4) is 0 Å². The zero-order chi connectivity index (χ0) is 15.2. The number of rotatable bonds is 14. The summed E-state index contributed by atoms with van der Waals surface area (Å²) in [6.07, 6.45) is 15.9. The molecule has 2 atom stereocenters. The summed E-state index contributed by atoms with van der Waals surface area (Å²) in [6.45, 7) is 6.15. The normalized spacial score (nSPS) is 14.2. The monoisotopic (exact) mass is 284 g/mol. The molecule has 0 amide bonds. The van der Waals surface area contributed by atoms with Gasteiger partial charge in [0.1, 0.15) is 0 Å². The van der Waals surface area contributed by atoms with Gasteiger partial charge < -0.3 is 5.11 Å². The van der Waals surface area contributed by atoms with E-state index in [2.05, 4.69) is 13.8 Å². The molecule has 0 saturated carbocycles. The van der Waals surface area contributed by atoms with Gasteiger partial charge in [0.25, 0.3) is 0 Å². The Balaban J connectivity index is 3.22. The summed E-state index contributed by atoms with van der Waals surface area (Å²) in [4.78, 5) is 10.8. The van der Waals surface area contributed by atoms with E-state index in [1.807, 2.05) is 6.92 Å². The molecular formula is C18H36O2. The van der Waals surface area contributed by atoms with Gasteiger partial charge in [0.05, 0.1) is 5.92 Å². The highest BCUT2D eigenvalue weighted by Crippen LogP contribution is 2.19. The van der Waals surface area contributed by atoms with Crippen LogP contribution in [0.3, 0.4) is 0 Å². The van der Waals surface area contributed by atoms with Crippen LogP contribution in [0.25, 0.3) is 0 Å². The maximum atomic E-state index is 10.8. The molecule has 0 saturated heterocycles. The van der Waals surface area contributed by atoms with Crippen LogP contribution in [0.5, 0.6) is 0 Å². The summed E-state index contributed by atoms with van der Waals surface area (Å²) in [5.74, 6) is -0.537. The zero-order valence-electron chi connectivity index (χ0n) is 14.0. The van der Waals surface area contributed by atoms with Crippen LogP contribution in [-0.2, 0) is 4.79 Å². The predicted molar refractivity (Wildman–Crippen MR) is 87.0 cm³/mol. The van der Waals surface area contributed by atoms with E-state index in [0.29, 0.717) is 5.92 Å². The topological polar surface area (TPSA) is 37.3 Å². The van der Waals surface area contributed by atoms with E-state index < -0.39 is 5.97 Å². The Bertz CT molecular complexity index is 225. The second-order valence-corrected chi connectivity index (χ2v) is 6.43. The minimum Gasteiger partial charge on any atom is -0.481 e. The van der Waals surface area contributed by atoms with Crippen molar-refractivity contribution in [2.45, 2.75) is 97.8 Å². The van der Waals surface area contributed by atoms with Crippen molar-refractivity contribution < 1.29 is 9.90 Å². The first-order valence-corrected chi connectivity index (χ1v) is 8.82. The highest BCUT2D eigenvalue weighted by Gasteiger charge is 2.18. The Kier molecular flexibility index (Phi) is 13.1. The van der Waals surface area contributed by atoms with Gasteiger partial charge >= 0.3 is 5.97 Å². The summed E-state index contributed by atoms with van der Waals surface area (Å²) < 4.78 is 0. The van der Waals surface area contributed by atoms with Crippen molar-refractivity contribution in [3.63, 3.8) is 0 Å². The summed E-state index contributed by atoms with van der Waals surface area (Å²) in [7, 11) is 0. The number of unbranched alkanes of at least 4 members (excludes halogenated alkanes) is 10. The molecule has 0 fully saturated rings. The quantitative estimate of drug-likeness (QED) is 0.394. The molecule has 0 aliphatic rings. The zero-order valence-corrected chi connectivity index (χ0v) is 14.0. The minimum absolute atomic E-state index is 0.196. The van der Waals surface area contributed by atoms with E-state index >= 15 is 0 Å². The van der Waals surface area contributed by atoms with Gasteiger partial charge in [-0.05, 0) is 12.3 Å². The first-order valence-electron chi connectivity index (χ1n) is 8.82. The molecule has 120 valence electrons. The lowest BCUT2D eigenvalue weighted by Crippen LogP contribution is -2.17. The molecule has 0 heterocycles. The molecule has 0 spiro atoms. The average Bonchev–Trinajstić information content (AvgIpc) is 2.43. The maximum absolute atomic E-state index is 10.8. The van der Waals surface area contributed by atoms with Crippen LogP contribution in [0.4, 0.5) is 0 Å². The van der Waals surface area contributed by atoms with E-state index in [9.17, 15) is 4.79 Å². The lowest BCUT2D eigenvalue weighted by molar-refractivity contribution is -0.142. The number of hydrogen-bond acceptors (Lipinski definition) is 1. The predicted octanol–water partition coefficient (Wildman–Crippen LogP) is 6.04. The van der Waals surface area contributed by atoms with Gasteiger partial charge in [-0.1, -0.05) is 91.4 Å². The van der Waals surface area contributed by atoms with Crippen molar-refractivity contribution in [2.24, 2.45) is 11.8 Å². The largest absolute Gasteiger partial charge is 0.481 e. The molecule has 0 rings (SSSR count). The van der Waals surface area contributed by atoms with Crippen molar-refractivity contribution in [3.05, 3.63) is 0 Å². The minimum atomic E-state index is -0.652. The fraction of sp³-hybridized carbons (Fsp3) is 0.944. The van der Waals surface area contributed by atoms with Gasteiger partial charge in [0.15, 0.2) is 0 Å². The van der Waals surface area contributed by atoms with Crippen LogP contribution in [-0.4, -0.2) is 11.1 Å². The van der Waals surface area contributed by atoms with Crippen LogP contribution >= 0.6 is 0 Å². The standard InChI is InChI=1S/C18H36O2/c1-4-5-6-7-8-9-10-11-12-13-14-15-16(2)17(3)18(19)20/h16-17H,4-15H2,1-3H3,(H,19,20). The van der Waals surface area contributed by atoms with E-state index in [4.69, 9.17) is 5.11 Å². The molecule has 0 aromatic heterocycles. The van der Waals surface area contributed by atoms with Crippen LogP contribution in [0.1, 0.15) is 97.8 Å². The lowest BCUT2D eigenvalue weighted by Gasteiger charge is -2.15. The fourth-order valence-electron chi connectivity index (χ4n) is 2.62. The number of carboxylic acid groups (broad SMARTS) is 1. The summed E-state index contributed by atoms with van der Waals surface area (Å²) >= 11 is 0. The highest BCUT2D eigenvalue weighted by atomic mass is 16.4. The van der Waals surface area contributed by atoms with Gasteiger partial charge in [0, 0.05) is 0 Å². The second-order valence-electron chi connectivity index (χ2n) is 6.43. The summed E-state index contributed by atoms with van der Waals surface area (Å²) in [6, 6.07) is 0. The molecular weight excluding hydrogens is 248 g/mol. The van der Waals surface area contributed by atoms with E-state index in [0.717, 1.165) is 6.42 Å². The molecule has 2 nitrogen and oxygen atoms in total. The van der Waals surface area contributed by atoms with E-state index in [1.54, 1.807) is 0 Å². The Morgan fingerprint density at radius 2 is 1.20 bits per heavy atom. The Labute approximate surface area is 126 Å². The fourth-order valence-corrected chi connectivity index (χ4v) is 2.62. The lowest BCUT2D eigenvalue weighted by atomic mass is 9.90. The smallest absolute Gasteiger partial charge is 0.306 e. The number of carboxylic acids is 1. The second kappa shape index (κ2) is 13.5. The number of carbonyl (C=O) groups is 1. The highest BCUT2D eigenvalue weighted by molar-refractivity contribution is 5.69. The molecule has 0 aromatic carbocycles. The van der Waals surface area contributed by atoms with Gasteiger partial charge in [-0.3, -0.25) is 4.79 Å². The molecule has 0 radical (unpaired) electrons. The summed E-state index contributed by atoms with van der Waals surface area (Å²) in [5, 5.41) is 8.93.